The van der Waals surface area contributed by atoms with Crippen molar-refractivity contribution in [3.8, 4) is 17.7 Å². The van der Waals surface area contributed by atoms with E-state index in [9.17, 15) is 0 Å². The Hall–Kier alpha value is -2.45. The van der Waals surface area contributed by atoms with E-state index in [1.165, 1.54) is 11.2 Å². The highest BCUT2D eigenvalue weighted by atomic mass is 32.1. The Labute approximate surface area is 120 Å². The third kappa shape index (κ3) is 2.10. The molecule has 0 N–H and O–H groups in total. The van der Waals surface area contributed by atoms with Gasteiger partial charge in [0.15, 0.2) is 0 Å². The number of nitrogens with zero attached hydrogens (tertiary/aromatic N) is 3. The van der Waals surface area contributed by atoms with Crippen molar-refractivity contribution in [3.05, 3.63) is 46.6 Å². The third-order valence-electron chi connectivity index (χ3n) is 3.13. The minimum Gasteiger partial charge on any atom is -0.438 e. The van der Waals surface area contributed by atoms with Crippen LogP contribution in [0.15, 0.2) is 30.6 Å². The van der Waals surface area contributed by atoms with Crippen molar-refractivity contribution < 1.29 is 4.74 Å². The average molecular weight is 281 g/mol. The van der Waals surface area contributed by atoms with Crippen molar-refractivity contribution in [2.24, 2.45) is 0 Å². The van der Waals surface area contributed by atoms with E-state index in [-0.39, 0.29) is 0 Å². The van der Waals surface area contributed by atoms with Gasteiger partial charge in [-0.3, -0.25) is 0 Å². The first-order valence-corrected chi connectivity index (χ1v) is 6.89. The summed E-state index contributed by atoms with van der Waals surface area (Å²) >= 11 is 1.64. The SMILES string of the molecule is Cc1sc2ncnc(Oc3ccc(C#N)cc3)c2c1C. The van der Waals surface area contributed by atoms with Crippen molar-refractivity contribution in [2.45, 2.75) is 13.8 Å². The molecule has 0 radical (unpaired) electrons. The van der Waals surface area contributed by atoms with Crippen molar-refractivity contribution >= 4 is 21.6 Å². The fourth-order valence-corrected chi connectivity index (χ4v) is 2.92. The van der Waals surface area contributed by atoms with Crippen LogP contribution in [0.1, 0.15) is 16.0 Å². The molecule has 0 aliphatic rings. The summed E-state index contributed by atoms with van der Waals surface area (Å²) in [7, 11) is 0. The van der Waals surface area contributed by atoms with Gasteiger partial charge in [-0.2, -0.15) is 5.26 Å². The molecule has 0 amide bonds. The predicted molar refractivity (Wildman–Crippen MR) is 78.1 cm³/mol. The second-order valence-electron chi connectivity index (χ2n) is 4.38. The number of fused-ring (bicyclic) bond motifs is 1. The van der Waals surface area contributed by atoms with Gasteiger partial charge in [0.1, 0.15) is 16.9 Å². The zero-order chi connectivity index (χ0) is 14.1. The Morgan fingerprint density at radius 2 is 1.90 bits per heavy atom. The second kappa shape index (κ2) is 4.91. The highest BCUT2D eigenvalue weighted by Gasteiger charge is 2.13. The van der Waals surface area contributed by atoms with E-state index in [2.05, 4.69) is 23.0 Å². The van der Waals surface area contributed by atoms with Crippen LogP contribution in [-0.4, -0.2) is 9.97 Å². The third-order valence-corrected chi connectivity index (χ3v) is 4.24. The first-order valence-electron chi connectivity index (χ1n) is 6.08. The van der Waals surface area contributed by atoms with Gasteiger partial charge in [-0.1, -0.05) is 0 Å². The van der Waals surface area contributed by atoms with Crippen LogP contribution >= 0.6 is 11.3 Å². The predicted octanol–water partition coefficient (Wildman–Crippen LogP) is 3.97. The molecule has 0 saturated heterocycles. The molecule has 0 fully saturated rings. The quantitative estimate of drug-likeness (QED) is 0.713. The van der Waals surface area contributed by atoms with E-state index in [1.54, 1.807) is 35.6 Å². The van der Waals surface area contributed by atoms with Gasteiger partial charge < -0.3 is 4.74 Å². The van der Waals surface area contributed by atoms with Crippen molar-refractivity contribution in [3.63, 3.8) is 0 Å². The summed E-state index contributed by atoms with van der Waals surface area (Å²) in [5, 5.41) is 9.75. The molecule has 0 spiro atoms. The van der Waals surface area contributed by atoms with E-state index in [4.69, 9.17) is 10.00 Å². The Bertz CT molecular complexity index is 815. The number of nitriles is 1. The average Bonchev–Trinajstić information content (AvgIpc) is 2.76. The maximum Gasteiger partial charge on any atom is 0.231 e. The summed E-state index contributed by atoms with van der Waals surface area (Å²) < 4.78 is 5.83. The highest BCUT2D eigenvalue weighted by molar-refractivity contribution is 7.18. The molecule has 0 saturated carbocycles. The molecule has 3 aromatic rings. The Balaban J connectivity index is 2.04. The van der Waals surface area contributed by atoms with Crippen LogP contribution < -0.4 is 4.74 Å². The van der Waals surface area contributed by atoms with Crippen LogP contribution in [0, 0.1) is 25.2 Å². The Morgan fingerprint density at radius 1 is 1.15 bits per heavy atom. The van der Waals surface area contributed by atoms with E-state index in [1.807, 2.05) is 6.92 Å². The number of hydrogen-bond donors (Lipinski definition) is 0. The van der Waals surface area contributed by atoms with E-state index in [0.29, 0.717) is 17.2 Å². The van der Waals surface area contributed by atoms with E-state index < -0.39 is 0 Å². The molecule has 4 nitrogen and oxygen atoms in total. The van der Waals surface area contributed by atoms with Gasteiger partial charge in [0.25, 0.3) is 0 Å². The molecule has 0 bridgehead atoms. The molecule has 3 rings (SSSR count). The largest absolute Gasteiger partial charge is 0.438 e. The minimum absolute atomic E-state index is 0.557. The number of ether oxygens (including phenoxy) is 1. The van der Waals surface area contributed by atoms with Crippen LogP contribution in [0.4, 0.5) is 0 Å². The van der Waals surface area contributed by atoms with Crippen molar-refractivity contribution in [1.82, 2.24) is 9.97 Å². The summed E-state index contributed by atoms with van der Waals surface area (Å²) in [6, 6.07) is 9.05. The van der Waals surface area contributed by atoms with Crippen LogP contribution in [0.3, 0.4) is 0 Å². The van der Waals surface area contributed by atoms with Crippen LogP contribution in [0.5, 0.6) is 11.6 Å². The first kappa shape index (κ1) is 12.6. The molecule has 1 aromatic carbocycles. The molecule has 2 aromatic heterocycles. The fraction of sp³-hybridized carbons (Fsp3) is 0.133. The summed E-state index contributed by atoms with van der Waals surface area (Å²) in [4.78, 5) is 10.6. The molecule has 0 aliphatic carbocycles. The van der Waals surface area contributed by atoms with Gasteiger partial charge in [0.05, 0.1) is 17.0 Å². The van der Waals surface area contributed by atoms with E-state index >= 15 is 0 Å². The molecule has 2 heterocycles. The van der Waals surface area contributed by atoms with Gasteiger partial charge >= 0.3 is 0 Å². The van der Waals surface area contributed by atoms with Gasteiger partial charge in [-0.05, 0) is 43.7 Å². The summed E-state index contributed by atoms with van der Waals surface area (Å²) in [6.07, 6.45) is 1.51. The van der Waals surface area contributed by atoms with Crippen molar-refractivity contribution in [1.29, 1.82) is 5.26 Å². The topological polar surface area (TPSA) is 58.8 Å². The van der Waals surface area contributed by atoms with Crippen LogP contribution in [-0.2, 0) is 0 Å². The van der Waals surface area contributed by atoms with Crippen LogP contribution in [0.2, 0.25) is 0 Å². The standard InChI is InChI=1S/C15H11N3OS/c1-9-10(2)20-15-13(9)14(17-8-18-15)19-12-5-3-11(7-16)4-6-12/h3-6,8H,1-2H3. The lowest BCUT2D eigenvalue weighted by atomic mass is 10.2. The number of benzene rings is 1. The molecule has 0 unspecified atom stereocenters. The maximum atomic E-state index is 8.79. The second-order valence-corrected chi connectivity index (χ2v) is 5.58. The zero-order valence-electron chi connectivity index (χ0n) is 11.0. The fourth-order valence-electron chi connectivity index (χ4n) is 1.94. The molecule has 0 atom stereocenters. The highest BCUT2D eigenvalue weighted by Crippen LogP contribution is 2.35. The number of hydrogen-bond acceptors (Lipinski definition) is 5. The molecular formula is C15H11N3OS. The Kier molecular flexibility index (Phi) is 3.09. The van der Waals surface area contributed by atoms with Gasteiger partial charge in [0.2, 0.25) is 5.88 Å². The number of rotatable bonds is 2. The minimum atomic E-state index is 0.557. The van der Waals surface area contributed by atoms with Gasteiger partial charge in [-0.25, -0.2) is 9.97 Å². The normalized spacial score (nSPS) is 10.4. The molecular weight excluding hydrogens is 270 g/mol. The number of aromatic nitrogens is 2. The van der Waals surface area contributed by atoms with Gasteiger partial charge in [-0.15, -0.1) is 11.3 Å². The zero-order valence-corrected chi connectivity index (χ0v) is 11.9. The van der Waals surface area contributed by atoms with E-state index in [0.717, 1.165) is 15.8 Å². The van der Waals surface area contributed by atoms with Crippen LogP contribution in [0.25, 0.3) is 10.2 Å². The Morgan fingerprint density at radius 3 is 2.60 bits per heavy atom. The monoisotopic (exact) mass is 281 g/mol. The lowest BCUT2D eigenvalue weighted by molar-refractivity contribution is 0.468. The summed E-state index contributed by atoms with van der Waals surface area (Å²) in [5.74, 6) is 1.22. The molecule has 0 aliphatic heterocycles. The number of aryl methyl sites for hydroxylation is 2. The lowest BCUT2D eigenvalue weighted by Crippen LogP contribution is -1.90. The number of thiophene rings is 1. The van der Waals surface area contributed by atoms with Gasteiger partial charge in [0, 0.05) is 4.88 Å². The molecule has 5 heteroatoms. The summed E-state index contributed by atoms with van der Waals surface area (Å²) in [6.45, 7) is 4.11. The lowest BCUT2D eigenvalue weighted by Gasteiger charge is -2.06. The smallest absolute Gasteiger partial charge is 0.231 e. The van der Waals surface area contributed by atoms with Crippen molar-refractivity contribution in [2.75, 3.05) is 0 Å². The molecule has 98 valence electrons. The molecule has 20 heavy (non-hydrogen) atoms. The first-order chi connectivity index (χ1) is 9.69. The maximum absolute atomic E-state index is 8.79. The summed E-state index contributed by atoms with van der Waals surface area (Å²) in [5.41, 5.74) is 1.75.